The van der Waals surface area contributed by atoms with Crippen LogP contribution < -0.4 is 20.7 Å². The highest BCUT2D eigenvalue weighted by atomic mass is 16.5. The maximum atomic E-state index is 11.0. The largest absolute Gasteiger partial charge is 0.481 e. The van der Waals surface area contributed by atoms with Crippen LogP contribution in [0.4, 0.5) is 11.5 Å². The Morgan fingerprint density at radius 3 is 2.74 bits per heavy atom. The second-order valence-corrected chi connectivity index (χ2v) is 4.73. The molecule has 1 amide bonds. The molecule has 1 aromatic heterocycles. The number of methoxy groups -OCH3 is 1. The molecule has 0 atom stereocenters. The molecular weight excluding hydrogens is 244 g/mol. The summed E-state index contributed by atoms with van der Waals surface area (Å²) in [7, 11) is 1.59. The van der Waals surface area contributed by atoms with E-state index >= 15 is 0 Å². The molecule has 6 heteroatoms. The molecule has 0 aliphatic carbocycles. The van der Waals surface area contributed by atoms with E-state index in [4.69, 9.17) is 10.5 Å². The number of aromatic nitrogens is 1. The number of rotatable bonds is 3. The van der Waals surface area contributed by atoms with Crippen LogP contribution in [0.5, 0.6) is 5.88 Å². The van der Waals surface area contributed by atoms with Crippen LogP contribution in [0.3, 0.4) is 0 Å². The molecule has 0 saturated carbocycles. The first-order chi connectivity index (χ1) is 9.10. The molecule has 0 spiro atoms. The Balaban J connectivity index is 2.03. The molecule has 104 valence electrons. The lowest BCUT2D eigenvalue weighted by atomic mass is 10.0. The van der Waals surface area contributed by atoms with E-state index in [-0.39, 0.29) is 11.9 Å². The summed E-state index contributed by atoms with van der Waals surface area (Å²) in [5.74, 6) is 1.35. The Hall–Kier alpha value is -1.98. The van der Waals surface area contributed by atoms with E-state index in [1.165, 1.54) is 0 Å². The van der Waals surface area contributed by atoms with Gasteiger partial charge in [0.05, 0.1) is 12.8 Å². The smallest absolute Gasteiger partial charge is 0.217 e. The molecule has 0 unspecified atom stereocenters. The third-order valence-corrected chi connectivity index (χ3v) is 3.29. The highest BCUT2D eigenvalue weighted by molar-refractivity contribution is 5.73. The first-order valence-electron chi connectivity index (χ1n) is 6.42. The van der Waals surface area contributed by atoms with Gasteiger partial charge in [0.25, 0.3) is 0 Å². The molecule has 6 nitrogen and oxygen atoms in total. The summed E-state index contributed by atoms with van der Waals surface area (Å²) >= 11 is 0. The van der Waals surface area contributed by atoms with Crippen molar-refractivity contribution in [2.75, 3.05) is 30.8 Å². The van der Waals surface area contributed by atoms with Crippen molar-refractivity contribution in [2.24, 2.45) is 0 Å². The van der Waals surface area contributed by atoms with E-state index in [9.17, 15) is 4.79 Å². The Labute approximate surface area is 112 Å². The lowest BCUT2D eigenvalue weighted by Crippen LogP contribution is -2.44. The minimum atomic E-state index is 0.0254. The highest BCUT2D eigenvalue weighted by Crippen LogP contribution is 2.26. The predicted molar refractivity (Wildman–Crippen MR) is 74.3 cm³/mol. The first kappa shape index (κ1) is 13.5. The molecule has 0 aromatic carbocycles. The van der Waals surface area contributed by atoms with E-state index in [0.717, 1.165) is 31.7 Å². The SMILES string of the molecule is COc1ccc(N)c(N2CCC(NC(C)=O)CC2)n1. The van der Waals surface area contributed by atoms with Gasteiger partial charge < -0.3 is 20.7 Å². The van der Waals surface area contributed by atoms with Gasteiger partial charge in [-0.1, -0.05) is 0 Å². The van der Waals surface area contributed by atoms with Crippen LogP contribution in [0.15, 0.2) is 12.1 Å². The van der Waals surface area contributed by atoms with Crippen molar-refractivity contribution >= 4 is 17.4 Å². The number of carbonyl (C=O) groups excluding carboxylic acids is 1. The van der Waals surface area contributed by atoms with Crippen molar-refractivity contribution in [2.45, 2.75) is 25.8 Å². The van der Waals surface area contributed by atoms with Gasteiger partial charge in [-0.25, -0.2) is 0 Å². The number of pyridine rings is 1. The van der Waals surface area contributed by atoms with E-state index in [1.54, 1.807) is 26.2 Å². The van der Waals surface area contributed by atoms with Crippen molar-refractivity contribution in [3.05, 3.63) is 12.1 Å². The topological polar surface area (TPSA) is 80.5 Å². The number of hydrogen-bond donors (Lipinski definition) is 2. The summed E-state index contributed by atoms with van der Waals surface area (Å²) in [6.45, 7) is 3.21. The van der Waals surface area contributed by atoms with E-state index in [2.05, 4.69) is 15.2 Å². The molecule has 1 fully saturated rings. The van der Waals surface area contributed by atoms with Gasteiger partial charge in [0, 0.05) is 32.1 Å². The lowest BCUT2D eigenvalue weighted by molar-refractivity contribution is -0.119. The number of anilines is 2. The maximum absolute atomic E-state index is 11.0. The van der Waals surface area contributed by atoms with Gasteiger partial charge in [-0.3, -0.25) is 4.79 Å². The summed E-state index contributed by atoms with van der Waals surface area (Å²) in [4.78, 5) is 17.6. The van der Waals surface area contributed by atoms with E-state index < -0.39 is 0 Å². The van der Waals surface area contributed by atoms with Gasteiger partial charge in [-0.05, 0) is 18.9 Å². The van der Waals surface area contributed by atoms with Crippen LogP contribution in [-0.4, -0.2) is 37.1 Å². The number of piperidine rings is 1. The second-order valence-electron chi connectivity index (χ2n) is 4.73. The fourth-order valence-electron chi connectivity index (χ4n) is 2.33. The van der Waals surface area contributed by atoms with E-state index in [0.29, 0.717) is 11.6 Å². The summed E-state index contributed by atoms with van der Waals surface area (Å²) < 4.78 is 5.12. The molecule has 1 aromatic rings. The van der Waals surface area contributed by atoms with Gasteiger partial charge >= 0.3 is 0 Å². The molecule has 1 aliphatic rings. The second kappa shape index (κ2) is 5.77. The fourth-order valence-corrected chi connectivity index (χ4v) is 2.33. The molecule has 0 bridgehead atoms. The molecule has 1 saturated heterocycles. The van der Waals surface area contributed by atoms with Gasteiger partial charge in [-0.2, -0.15) is 4.98 Å². The number of amides is 1. The quantitative estimate of drug-likeness (QED) is 0.843. The molecule has 19 heavy (non-hydrogen) atoms. The number of nitrogen functional groups attached to an aromatic ring is 1. The predicted octanol–water partition coefficient (Wildman–Crippen LogP) is 0.777. The molecule has 3 N–H and O–H groups in total. The van der Waals surface area contributed by atoms with Crippen molar-refractivity contribution in [3.63, 3.8) is 0 Å². The molecule has 1 aliphatic heterocycles. The van der Waals surface area contributed by atoms with Crippen LogP contribution >= 0.6 is 0 Å². The highest BCUT2D eigenvalue weighted by Gasteiger charge is 2.22. The standard InChI is InChI=1S/C13H20N4O2/c1-9(18)15-10-5-7-17(8-6-10)13-11(14)3-4-12(16-13)19-2/h3-4,10H,5-8,14H2,1-2H3,(H,15,18). The summed E-state index contributed by atoms with van der Waals surface area (Å²) in [5.41, 5.74) is 6.61. The Bertz CT molecular complexity index is 456. The average Bonchev–Trinajstić information content (AvgIpc) is 2.40. The number of nitrogens with one attached hydrogen (secondary N) is 1. The fraction of sp³-hybridized carbons (Fsp3) is 0.538. The van der Waals surface area contributed by atoms with Crippen molar-refractivity contribution in [3.8, 4) is 5.88 Å². The third-order valence-electron chi connectivity index (χ3n) is 3.29. The van der Waals surface area contributed by atoms with Crippen LogP contribution in [0, 0.1) is 0 Å². The Morgan fingerprint density at radius 2 is 2.16 bits per heavy atom. The van der Waals surface area contributed by atoms with Crippen molar-refractivity contribution in [1.29, 1.82) is 0 Å². The summed E-state index contributed by atoms with van der Waals surface area (Å²) in [6.07, 6.45) is 1.80. The molecular formula is C13H20N4O2. The molecule has 2 heterocycles. The number of nitrogens with two attached hydrogens (primary N) is 1. The van der Waals surface area contributed by atoms with Gasteiger partial charge in [0.1, 0.15) is 0 Å². The average molecular weight is 264 g/mol. The van der Waals surface area contributed by atoms with Gasteiger partial charge in [0.15, 0.2) is 5.82 Å². The van der Waals surface area contributed by atoms with E-state index in [1.807, 2.05) is 0 Å². The zero-order chi connectivity index (χ0) is 13.8. The van der Waals surface area contributed by atoms with Crippen molar-refractivity contribution < 1.29 is 9.53 Å². The zero-order valence-electron chi connectivity index (χ0n) is 11.3. The van der Waals surface area contributed by atoms with Crippen LogP contribution in [0.2, 0.25) is 0 Å². The number of ether oxygens (including phenoxy) is 1. The molecule has 0 radical (unpaired) electrons. The van der Waals surface area contributed by atoms with Gasteiger partial charge in [0.2, 0.25) is 11.8 Å². The zero-order valence-corrected chi connectivity index (χ0v) is 11.3. The summed E-state index contributed by atoms with van der Waals surface area (Å²) in [6, 6.07) is 3.81. The normalized spacial score (nSPS) is 16.2. The van der Waals surface area contributed by atoms with Crippen LogP contribution in [0.1, 0.15) is 19.8 Å². The first-order valence-corrected chi connectivity index (χ1v) is 6.42. The monoisotopic (exact) mass is 264 g/mol. The van der Waals surface area contributed by atoms with Crippen LogP contribution in [0.25, 0.3) is 0 Å². The van der Waals surface area contributed by atoms with Crippen molar-refractivity contribution in [1.82, 2.24) is 10.3 Å². The minimum absolute atomic E-state index is 0.0254. The Kier molecular flexibility index (Phi) is 4.09. The molecule has 2 rings (SSSR count). The third kappa shape index (κ3) is 3.27. The Morgan fingerprint density at radius 1 is 1.47 bits per heavy atom. The van der Waals surface area contributed by atoms with Crippen LogP contribution in [-0.2, 0) is 4.79 Å². The number of hydrogen-bond acceptors (Lipinski definition) is 5. The summed E-state index contributed by atoms with van der Waals surface area (Å²) in [5, 5.41) is 2.95. The maximum Gasteiger partial charge on any atom is 0.217 e. The number of nitrogens with zero attached hydrogens (tertiary/aromatic N) is 2. The number of carbonyl (C=O) groups is 1. The minimum Gasteiger partial charge on any atom is -0.481 e. The lowest BCUT2D eigenvalue weighted by Gasteiger charge is -2.33. The van der Waals surface area contributed by atoms with Gasteiger partial charge in [-0.15, -0.1) is 0 Å².